The predicted molar refractivity (Wildman–Crippen MR) is 247 cm³/mol. The summed E-state index contributed by atoms with van der Waals surface area (Å²) in [6, 6.07) is 76.3. The summed E-state index contributed by atoms with van der Waals surface area (Å²) >= 11 is 0. The summed E-state index contributed by atoms with van der Waals surface area (Å²) in [4.78, 5) is 2.51. The van der Waals surface area contributed by atoms with Gasteiger partial charge in [0, 0.05) is 16.8 Å². The Labute approximate surface area is 348 Å². The normalized spacial score (nSPS) is 16.5. The third-order valence-electron chi connectivity index (χ3n) is 13.5. The molecule has 0 saturated carbocycles. The summed E-state index contributed by atoms with van der Waals surface area (Å²) in [6.45, 7) is 4.85. The molecule has 1 unspecified atom stereocenters. The van der Waals surface area contributed by atoms with Crippen LogP contribution >= 0.6 is 0 Å². The van der Waals surface area contributed by atoms with E-state index in [1.807, 2.05) is 0 Å². The first-order valence-electron chi connectivity index (χ1n) is 21.0. The number of hydrogen-bond donors (Lipinski definition) is 0. The van der Waals surface area contributed by atoms with Crippen LogP contribution in [0.15, 0.2) is 218 Å². The van der Waals surface area contributed by atoms with Crippen molar-refractivity contribution in [1.29, 1.82) is 0 Å². The molecule has 0 aliphatic heterocycles. The second kappa shape index (κ2) is 13.9. The van der Waals surface area contributed by atoms with Crippen LogP contribution in [0.2, 0.25) is 0 Å². The average Bonchev–Trinajstić information content (AvgIpc) is 3.74. The number of anilines is 3. The number of rotatable bonds is 7. The maximum Gasteiger partial charge on any atom is 0.0714 e. The van der Waals surface area contributed by atoms with Crippen LogP contribution in [-0.2, 0) is 10.8 Å². The highest BCUT2D eigenvalue weighted by molar-refractivity contribution is 5.99. The van der Waals surface area contributed by atoms with Gasteiger partial charge in [-0.3, -0.25) is 0 Å². The van der Waals surface area contributed by atoms with E-state index in [0.717, 1.165) is 23.5 Å². The molecule has 0 aromatic heterocycles. The smallest absolute Gasteiger partial charge is 0.0714 e. The third-order valence-corrected chi connectivity index (χ3v) is 13.5. The van der Waals surface area contributed by atoms with Gasteiger partial charge in [-0.2, -0.15) is 0 Å². The molecule has 0 N–H and O–H groups in total. The van der Waals surface area contributed by atoms with E-state index >= 15 is 0 Å². The number of fused-ring (bicyclic) bond motifs is 6. The highest BCUT2D eigenvalue weighted by atomic mass is 15.1. The second-order valence-electron chi connectivity index (χ2n) is 16.8. The lowest BCUT2D eigenvalue weighted by Crippen LogP contribution is -2.28. The van der Waals surface area contributed by atoms with Crippen LogP contribution in [0.1, 0.15) is 59.2 Å². The summed E-state index contributed by atoms with van der Waals surface area (Å²) in [7, 11) is 0. The van der Waals surface area contributed by atoms with Crippen LogP contribution in [0.25, 0.3) is 33.4 Å². The van der Waals surface area contributed by atoms with Gasteiger partial charge >= 0.3 is 0 Å². The first kappa shape index (κ1) is 35.2. The molecular weight excluding hydrogens is 711 g/mol. The minimum Gasteiger partial charge on any atom is -0.309 e. The van der Waals surface area contributed by atoms with Gasteiger partial charge in [-0.15, -0.1) is 0 Å². The van der Waals surface area contributed by atoms with Crippen molar-refractivity contribution in [1.82, 2.24) is 0 Å². The van der Waals surface area contributed by atoms with Gasteiger partial charge in [-0.25, -0.2) is 0 Å². The highest BCUT2D eigenvalue weighted by Crippen LogP contribution is 2.60. The lowest BCUT2D eigenvalue weighted by molar-refractivity contribution is 0.418. The average molecular weight is 756 g/mol. The Hall–Kier alpha value is -6.96. The molecule has 0 fully saturated rings. The van der Waals surface area contributed by atoms with Crippen LogP contribution in [0.4, 0.5) is 17.1 Å². The van der Waals surface area contributed by atoms with Gasteiger partial charge in [0.05, 0.1) is 16.8 Å². The quantitative estimate of drug-likeness (QED) is 0.157. The molecule has 1 atom stereocenters. The van der Waals surface area contributed by atoms with Crippen LogP contribution in [0.5, 0.6) is 0 Å². The molecule has 3 aliphatic rings. The van der Waals surface area contributed by atoms with E-state index in [4.69, 9.17) is 0 Å². The number of para-hydroxylation sites is 1. The predicted octanol–water partition coefficient (Wildman–Crippen LogP) is 15.0. The van der Waals surface area contributed by atoms with Crippen molar-refractivity contribution < 1.29 is 0 Å². The Morgan fingerprint density at radius 1 is 0.424 bits per heavy atom. The SMILES string of the molecule is CC1(C)c2ccccc2C2=CC=C(c3ccc(N(c4ccccc4-c4ccccc4)c4cccc5c4-c4ccccc4C5(c4ccccc4)c4ccccc4)cc3)CC21. The Kier molecular flexibility index (Phi) is 8.27. The van der Waals surface area contributed by atoms with Crippen molar-refractivity contribution in [2.45, 2.75) is 31.1 Å². The molecule has 0 bridgehead atoms. The number of allylic oxidation sites excluding steroid dienone is 4. The minimum atomic E-state index is -0.494. The van der Waals surface area contributed by atoms with E-state index in [0.29, 0.717) is 5.92 Å². The van der Waals surface area contributed by atoms with Crippen LogP contribution in [0.3, 0.4) is 0 Å². The number of nitrogens with zero attached hydrogens (tertiary/aromatic N) is 1. The number of hydrogen-bond acceptors (Lipinski definition) is 1. The summed E-state index contributed by atoms with van der Waals surface area (Å²) < 4.78 is 0. The standard InChI is InChI=1S/C58H45N/c1-57(2)50-28-15-12-26-47(50)48-38-35-42(39-53(48)57)40-33-36-45(37-34-40)59(54-31-17-14-25-46(54)41-19-6-3-7-20-41)55-32-18-30-52-56(55)49-27-13-16-29-51(49)58(52,43-21-8-4-9-22-43)44-23-10-5-11-24-44/h3-38,53H,39H2,1-2H3. The zero-order valence-electron chi connectivity index (χ0n) is 33.5. The van der Waals surface area contributed by atoms with Gasteiger partial charge in [0.1, 0.15) is 0 Å². The molecule has 3 aliphatic carbocycles. The molecular formula is C58H45N. The molecule has 0 radical (unpaired) electrons. The summed E-state index contributed by atoms with van der Waals surface area (Å²) in [5, 5.41) is 0. The topological polar surface area (TPSA) is 3.24 Å². The molecule has 11 rings (SSSR count). The minimum absolute atomic E-state index is 0.0819. The van der Waals surface area contributed by atoms with E-state index in [2.05, 4.69) is 237 Å². The van der Waals surface area contributed by atoms with Gasteiger partial charge in [0.15, 0.2) is 0 Å². The summed E-state index contributed by atoms with van der Waals surface area (Å²) in [6.07, 6.45) is 5.79. The first-order valence-corrected chi connectivity index (χ1v) is 21.0. The molecule has 282 valence electrons. The Balaban J connectivity index is 1.11. The molecule has 0 amide bonds. The maximum atomic E-state index is 2.51. The van der Waals surface area contributed by atoms with E-state index in [1.54, 1.807) is 0 Å². The molecule has 0 heterocycles. The fourth-order valence-electron chi connectivity index (χ4n) is 10.7. The largest absolute Gasteiger partial charge is 0.309 e. The fraction of sp³-hybridized carbons (Fsp3) is 0.103. The lowest BCUT2D eigenvalue weighted by atomic mass is 9.68. The van der Waals surface area contributed by atoms with Crippen LogP contribution in [0, 0.1) is 5.92 Å². The van der Waals surface area contributed by atoms with E-state index in [-0.39, 0.29) is 5.41 Å². The second-order valence-corrected chi connectivity index (χ2v) is 16.8. The maximum absolute atomic E-state index is 2.51. The van der Waals surface area contributed by atoms with Crippen LogP contribution in [-0.4, -0.2) is 0 Å². The lowest BCUT2D eigenvalue weighted by Gasteiger charge is -2.34. The summed E-state index contributed by atoms with van der Waals surface area (Å²) in [5.41, 5.74) is 20.1. The first-order chi connectivity index (χ1) is 29.0. The van der Waals surface area contributed by atoms with Gasteiger partial charge in [-0.05, 0) is 103 Å². The Morgan fingerprint density at radius 3 is 1.66 bits per heavy atom. The Morgan fingerprint density at radius 2 is 0.966 bits per heavy atom. The van der Waals surface area contributed by atoms with E-state index in [1.165, 1.54) is 72.3 Å². The molecule has 1 heteroatoms. The van der Waals surface area contributed by atoms with Gasteiger partial charge < -0.3 is 4.90 Å². The Bertz CT molecular complexity index is 2880. The zero-order chi connectivity index (χ0) is 39.6. The van der Waals surface area contributed by atoms with Gasteiger partial charge in [0.25, 0.3) is 0 Å². The fourth-order valence-corrected chi connectivity index (χ4v) is 10.7. The van der Waals surface area contributed by atoms with Crippen LogP contribution < -0.4 is 4.90 Å². The number of benzene rings is 8. The van der Waals surface area contributed by atoms with Crippen molar-refractivity contribution in [3.63, 3.8) is 0 Å². The van der Waals surface area contributed by atoms with Crippen molar-refractivity contribution in [3.05, 3.63) is 257 Å². The molecule has 8 aromatic carbocycles. The molecule has 59 heavy (non-hydrogen) atoms. The molecule has 8 aromatic rings. The molecule has 0 spiro atoms. The van der Waals surface area contributed by atoms with Crippen molar-refractivity contribution >= 4 is 28.2 Å². The van der Waals surface area contributed by atoms with Crippen molar-refractivity contribution in [3.8, 4) is 22.3 Å². The van der Waals surface area contributed by atoms with Crippen molar-refractivity contribution in [2.75, 3.05) is 4.90 Å². The van der Waals surface area contributed by atoms with Gasteiger partial charge in [-0.1, -0.05) is 208 Å². The summed E-state index contributed by atoms with van der Waals surface area (Å²) in [5.74, 6) is 0.454. The third kappa shape index (κ3) is 5.38. The van der Waals surface area contributed by atoms with Gasteiger partial charge in [0.2, 0.25) is 0 Å². The molecule has 1 nitrogen and oxygen atoms in total. The molecule has 0 saturated heterocycles. The van der Waals surface area contributed by atoms with E-state index < -0.39 is 5.41 Å². The van der Waals surface area contributed by atoms with E-state index in [9.17, 15) is 0 Å². The van der Waals surface area contributed by atoms with Crippen molar-refractivity contribution in [2.24, 2.45) is 5.92 Å². The zero-order valence-corrected chi connectivity index (χ0v) is 33.5. The monoisotopic (exact) mass is 755 g/mol. The highest BCUT2D eigenvalue weighted by Gasteiger charge is 2.47.